The summed E-state index contributed by atoms with van der Waals surface area (Å²) in [5.41, 5.74) is 3.51. The van der Waals surface area contributed by atoms with Gasteiger partial charge in [-0.25, -0.2) is 35.9 Å². The Morgan fingerprint density at radius 2 is 2.03 bits per heavy atom. The zero-order valence-electron chi connectivity index (χ0n) is 16.7. The molecule has 32 heavy (non-hydrogen) atoms. The highest BCUT2D eigenvalue weighted by molar-refractivity contribution is 7.90. The molecule has 0 bridgehead atoms. The number of aromatic nitrogens is 1. The van der Waals surface area contributed by atoms with Crippen molar-refractivity contribution < 1.29 is 31.1 Å². The van der Waals surface area contributed by atoms with Crippen LogP contribution >= 0.6 is 0 Å². The molecule has 2 aliphatic heterocycles. The fourth-order valence-electron chi connectivity index (χ4n) is 3.85. The molecule has 1 amide bonds. The number of guanidine groups is 1. The summed E-state index contributed by atoms with van der Waals surface area (Å²) in [5.74, 6) is -4.20. The molecule has 0 aliphatic carbocycles. The lowest BCUT2D eigenvalue weighted by atomic mass is 9.82. The van der Waals surface area contributed by atoms with Gasteiger partial charge in [0, 0.05) is 37.4 Å². The van der Waals surface area contributed by atoms with Crippen LogP contribution in [0.3, 0.4) is 0 Å². The summed E-state index contributed by atoms with van der Waals surface area (Å²) >= 11 is 0. The first-order chi connectivity index (χ1) is 15.1. The van der Waals surface area contributed by atoms with Gasteiger partial charge >= 0.3 is 0 Å². The average molecular weight is 469 g/mol. The van der Waals surface area contributed by atoms with Crippen LogP contribution in [-0.2, 0) is 20.3 Å². The van der Waals surface area contributed by atoms with Gasteiger partial charge in [-0.05, 0) is 18.2 Å². The smallest absolute Gasteiger partial charge is 0.277 e. The Labute approximate surface area is 181 Å². The van der Waals surface area contributed by atoms with Gasteiger partial charge < -0.3 is 15.8 Å². The molecule has 0 radical (unpaired) electrons. The van der Waals surface area contributed by atoms with Gasteiger partial charge in [0.2, 0.25) is 16.0 Å². The first-order valence-corrected chi connectivity index (χ1v) is 10.9. The van der Waals surface area contributed by atoms with Crippen LogP contribution in [0.15, 0.2) is 35.5 Å². The summed E-state index contributed by atoms with van der Waals surface area (Å²) in [6.07, 6.45) is 0.703. The molecule has 4 rings (SSSR count). The Bertz CT molecular complexity index is 1240. The number of nitrogens with one attached hydrogen (secondary N) is 1. The molecule has 9 nitrogen and oxygen atoms in total. The maximum atomic E-state index is 15.0. The predicted octanol–water partition coefficient (Wildman–Crippen LogP) is 1.33. The van der Waals surface area contributed by atoms with E-state index in [1.54, 1.807) is 0 Å². The van der Waals surface area contributed by atoms with Gasteiger partial charge in [-0.3, -0.25) is 4.79 Å². The van der Waals surface area contributed by atoms with Crippen molar-refractivity contribution in [2.45, 2.75) is 17.2 Å². The highest BCUT2D eigenvalue weighted by atomic mass is 32.2. The largest absolute Gasteiger partial charge is 0.380 e. The van der Waals surface area contributed by atoms with Crippen LogP contribution < -0.4 is 11.1 Å². The number of ether oxygens (including phenoxy) is 1. The fourth-order valence-corrected chi connectivity index (χ4v) is 5.59. The van der Waals surface area contributed by atoms with Gasteiger partial charge in [0.1, 0.15) is 22.4 Å². The third-order valence-corrected chi connectivity index (χ3v) is 7.72. The number of benzene rings is 1. The Morgan fingerprint density at radius 3 is 2.75 bits per heavy atom. The third-order valence-electron chi connectivity index (χ3n) is 5.52. The number of aliphatic imine (C=N–C) groups is 1. The zero-order chi connectivity index (χ0) is 23.3. The van der Waals surface area contributed by atoms with Gasteiger partial charge in [0.25, 0.3) is 5.91 Å². The lowest BCUT2D eigenvalue weighted by Gasteiger charge is -2.45. The van der Waals surface area contributed by atoms with Crippen molar-refractivity contribution in [2.24, 2.45) is 10.7 Å². The molecule has 1 aromatic carbocycles. The van der Waals surface area contributed by atoms with Crippen molar-refractivity contribution in [1.29, 1.82) is 0 Å². The molecule has 1 fully saturated rings. The summed E-state index contributed by atoms with van der Waals surface area (Å²) in [6, 6.07) is 3.95. The van der Waals surface area contributed by atoms with Crippen LogP contribution in [-0.4, -0.2) is 55.1 Å². The van der Waals surface area contributed by atoms with Gasteiger partial charge in [-0.15, -0.1) is 0 Å². The summed E-state index contributed by atoms with van der Waals surface area (Å²) in [4.78, 5) is 20.2. The fraction of sp³-hybridized carbons (Fsp3) is 0.316. The van der Waals surface area contributed by atoms with E-state index >= 15 is 0 Å². The van der Waals surface area contributed by atoms with Crippen LogP contribution in [0.5, 0.6) is 0 Å². The number of carbonyl (C=O) groups excluding carboxylic acids is 1. The Kier molecular flexibility index (Phi) is 5.33. The van der Waals surface area contributed by atoms with E-state index in [1.807, 2.05) is 0 Å². The minimum absolute atomic E-state index is 0.0217. The second kappa shape index (κ2) is 7.74. The number of fused-ring (bicyclic) bond motifs is 1. The van der Waals surface area contributed by atoms with Gasteiger partial charge in [-0.2, -0.15) is 0 Å². The van der Waals surface area contributed by atoms with Crippen LogP contribution in [0.1, 0.15) is 22.5 Å². The number of amides is 1. The molecule has 2 aliphatic rings. The maximum Gasteiger partial charge on any atom is 0.277 e. The van der Waals surface area contributed by atoms with E-state index in [0.29, 0.717) is 12.3 Å². The molecule has 2 aromatic rings. The zero-order valence-corrected chi connectivity index (χ0v) is 17.5. The quantitative estimate of drug-likeness (QED) is 0.698. The summed E-state index contributed by atoms with van der Waals surface area (Å²) in [5, 5.41) is 1.10. The third kappa shape index (κ3) is 3.46. The molecule has 3 N–H and O–H groups in total. The molecule has 3 heterocycles. The van der Waals surface area contributed by atoms with E-state index in [4.69, 9.17) is 10.5 Å². The van der Waals surface area contributed by atoms with E-state index < -0.39 is 49.9 Å². The highest BCUT2D eigenvalue weighted by Gasteiger charge is 2.55. The molecule has 1 unspecified atom stereocenters. The molecular weight excluding hydrogens is 451 g/mol. The number of carbonyl (C=O) groups is 1. The number of anilines is 1. The van der Waals surface area contributed by atoms with E-state index in [-0.39, 0.29) is 36.8 Å². The second-order valence-electron chi connectivity index (χ2n) is 7.35. The van der Waals surface area contributed by atoms with Gasteiger partial charge in [0.15, 0.2) is 11.5 Å². The summed E-state index contributed by atoms with van der Waals surface area (Å²) < 4.78 is 74.0. The number of hydrogen-bond donors (Lipinski definition) is 2. The number of hydrogen-bond acceptors (Lipinski definition) is 7. The van der Waals surface area contributed by atoms with E-state index in [0.717, 1.165) is 10.4 Å². The maximum absolute atomic E-state index is 15.0. The average Bonchev–Trinajstić information content (AvgIpc) is 2.73. The van der Waals surface area contributed by atoms with Gasteiger partial charge in [-0.1, -0.05) is 0 Å². The van der Waals surface area contributed by atoms with Crippen molar-refractivity contribution in [2.75, 3.05) is 25.6 Å². The van der Waals surface area contributed by atoms with Crippen LogP contribution in [0.2, 0.25) is 0 Å². The molecule has 2 atom stereocenters. The molecule has 170 valence electrons. The van der Waals surface area contributed by atoms with Crippen molar-refractivity contribution in [3.05, 3.63) is 59.2 Å². The normalized spacial score (nSPS) is 24.4. The number of sulfonamides is 1. The minimum atomic E-state index is -4.02. The summed E-state index contributed by atoms with van der Waals surface area (Å²) in [7, 11) is -2.78. The Balaban J connectivity index is 1.77. The van der Waals surface area contributed by atoms with E-state index in [1.165, 1.54) is 19.2 Å². The molecule has 1 saturated heterocycles. The SMILES string of the molecule is CN1C(N)=N[C@@]2(c3cc(NC(=O)c4ncc(F)cc4F)ccc3F)CCOCC2S1(=O)=O. The van der Waals surface area contributed by atoms with Crippen molar-refractivity contribution >= 4 is 27.6 Å². The van der Waals surface area contributed by atoms with Gasteiger partial charge in [0.05, 0.1) is 12.8 Å². The number of halogens is 3. The van der Waals surface area contributed by atoms with E-state index in [9.17, 15) is 26.4 Å². The highest BCUT2D eigenvalue weighted by Crippen LogP contribution is 2.44. The Hall–Kier alpha value is -3.19. The number of rotatable bonds is 3. The molecule has 0 spiro atoms. The predicted molar refractivity (Wildman–Crippen MR) is 108 cm³/mol. The molecule has 0 saturated carbocycles. The van der Waals surface area contributed by atoms with E-state index in [2.05, 4.69) is 15.3 Å². The minimum Gasteiger partial charge on any atom is -0.380 e. The Morgan fingerprint density at radius 1 is 1.28 bits per heavy atom. The first kappa shape index (κ1) is 22.0. The second-order valence-corrected chi connectivity index (χ2v) is 9.50. The van der Waals surface area contributed by atoms with Crippen LogP contribution in [0.4, 0.5) is 18.9 Å². The topological polar surface area (TPSA) is 127 Å². The van der Waals surface area contributed by atoms with Crippen LogP contribution in [0, 0.1) is 17.5 Å². The van der Waals surface area contributed by atoms with Crippen molar-refractivity contribution in [3.8, 4) is 0 Å². The molecular formula is C19H18F3N5O4S. The summed E-state index contributed by atoms with van der Waals surface area (Å²) in [6.45, 7) is -0.128. The lowest BCUT2D eigenvalue weighted by molar-refractivity contribution is 0.0521. The lowest BCUT2D eigenvalue weighted by Crippen LogP contribution is -2.61. The standard InChI is InChI=1S/C19H18F3N5O4S/c1-27-18(23)26-19(4-5-31-9-15(19)32(27,29)30)12-7-11(2-3-13(12)21)25-17(28)16-14(22)6-10(20)8-24-16/h2-3,6-8,15H,4-5,9H2,1H3,(H2,23,26)(H,25,28)/t15?,19-/m1/s1. The number of nitrogens with zero attached hydrogens (tertiary/aromatic N) is 3. The van der Waals surface area contributed by atoms with Crippen LogP contribution in [0.25, 0.3) is 0 Å². The first-order valence-electron chi connectivity index (χ1n) is 9.39. The van der Waals surface area contributed by atoms with Crippen molar-refractivity contribution in [3.63, 3.8) is 0 Å². The van der Waals surface area contributed by atoms with Crippen molar-refractivity contribution in [1.82, 2.24) is 9.29 Å². The molecule has 1 aromatic heterocycles. The monoisotopic (exact) mass is 469 g/mol. The molecule has 13 heteroatoms. The number of pyridine rings is 1. The number of nitrogens with two attached hydrogens (primary N) is 1.